The van der Waals surface area contributed by atoms with E-state index in [1.807, 2.05) is 36.4 Å². The smallest absolute Gasteiger partial charge is 0.221 e. The van der Waals surface area contributed by atoms with Crippen molar-refractivity contribution in [3.63, 3.8) is 0 Å². The third-order valence-electron chi connectivity index (χ3n) is 4.04. The molecule has 3 rings (SSSR count). The summed E-state index contributed by atoms with van der Waals surface area (Å²) in [5, 5.41) is 2.72. The van der Waals surface area contributed by atoms with Crippen LogP contribution in [0.3, 0.4) is 0 Å². The van der Waals surface area contributed by atoms with Crippen LogP contribution >= 0.6 is 0 Å². The summed E-state index contributed by atoms with van der Waals surface area (Å²) in [6, 6.07) is 13.4. The van der Waals surface area contributed by atoms with Gasteiger partial charge in [-0.3, -0.25) is 9.59 Å². The number of carbonyl (C=O) groups is 2. The molecule has 0 aromatic heterocycles. The summed E-state index contributed by atoms with van der Waals surface area (Å²) in [7, 11) is 0. The van der Waals surface area contributed by atoms with Crippen LogP contribution < -0.4 is 5.32 Å². The fourth-order valence-electron chi connectivity index (χ4n) is 2.87. The van der Waals surface area contributed by atoms with Crippen molar-refractivity contribution in [1.29, 1.82) is 0 Å². The number of amides is 1. The summed E-state index contributed by atoms with van der Waals surface area (Å²) in [5.74, 6) is -0.0780. The lowest BCUT2D eigenvalue weighted by Crippen LogP contribution is -2.05. The van der Waals surface area contributed by atoms with Gasteiger partial charge in [0.25, 0.3) is 0 Å². The highest BCUT2D eigenvalue weighted by molar-refractivity contribution is 6.07. The van der Waals surface area contributed by atoms with E-state index in [0.717, 1.165) is 29.7 Å². The van der Waals surface area contributed by atoms with E-state index in [9.17, 15) is 9.59 Å². The second-order valence-corrected chi connectivity index (χ2v) is 5.84. The molecule has 0 saturated carbocycles. The van der Waals surface area contributed by atoms with Gasteiger partial charge >= 0.3 is 0 Å². The molecule has 0 radical (unpaired) electrons. The lowest BCUT2D eigenvalue weighted by Gasteiger charge is -2.03. The molecule has 0 aliphatic heterocycles. The molecule has 23 heavy (non-hydrogen) atoms. The van der Waals surface area contributed by atoms with Gasteiger partial charge in [0, 0.05) is 18.2 Å². The molecule has 0 saturated heterocycles. The Balaban J connectivity index is 1.69. The summed E-state index contributed by atoms with van der Waals surface area (Å²) in [6.07, 6.45) is 6.78. The van der Waals surface area contributed by atoms with Crippen LogP contribution in [0.2, 0.25) is 0 Å². The Morgan fingerprint density at radius 2 is 1.74 bits per heavy atom. The minimum Gasteiger partial charge on any atom is -0.326 e. The molecular formula is C20H19NO2. The van der Waals surface area contributed by atoms with E-state index in [1.54, 1.807) is 12.2 Å². The molecule has 3 heteroatoms. The number of allylic oxidation sites excluding steroid dienone is 1. The highest BCUT2D eigenvalue weighted by Crippen LogP contribution is 2.23. The van der Waals surface area contributed by atoms with Gasteiger partial charge in [-0.25, -0.2) is 0 Å². The number of fused-ring (bicyclic) bond motifs is 1. The van der Waals surface area contributed by atoms with Crippen molar-refractivity contribution in [3.8, 4) is 0 Å². The third-order valence-corrected chi connectivity index (χ3v) is 4.04. The topological polar surface area (TPSA) is 46.2 Å². The predicted molar refractivity (Wildman–Crippen MR) is 92.6 cm³/mol. The largest absolute Gasteiger partial charge is 0.326 e. The van der Waals surface area contributed by atoms with Crippen LogP contribution in [0.1, 0.15) is 40.4 Å². The normalized spacial score (nSPS) is 13.1. The maximum Gasteiger partial charge on any atom is 0.221 e. The summed E-state index contributed by atoms with van der Waals surface area (Å²) >= 11 is 0. The summed E-state index contributed by atoms with van der Waals surface area (Å²) < 4.78 is 0. The predicted octanol–water partition coefficient (Wildman–Crippen LogP) is 4.03. The molecule has 0 heterocycles. The Kier molecular flexibility index (Phi) is 4.38. The first-order valence-electron chi connectivity index (χ1n) is 7.84. The average Bonchev–Trinajstić information content (AvgIpc) is 3.01. The van der Waals surface area contributed by atoms with Crippen LogP contribution in [-0.2, 0) is 17.6 Å². The molecule has 0 atom stereocenters. The Hall–Kier alpha value is -2.68. The summed E-state index contributed by atoms with van der Waals surface area (Å²) in [5.41, 5.74) is 5.10. The van der Waals surface area contributed by atoms with Crippen LogP contribution in [0, 0.1) is 0 Å². The molecule has 116 valence electrons. The van der Waals surface area contributed by atoms with Gasteiger partial charge < -0.3 is 5.32 Å². The Morgan fingerprint density at radius 1 is 1.00 bits per heavy atom. The quantitative estimate of drug-likeness (QED) is 0.685. The van der Waals surface area contributed by atoms with Crippen LogP contribution in [0.5, 0.6) is 0 Å². The van der Waals surface area contributed by atoms with Crippen molar-refractivity contribution in [2.45, 2.75) is 26.2 Å². The number of carbonyl (C=O) groups excluding carboxylic acids is 2. The Morgan fingerprint density at radius 3 is 2.48 bits per heavy atom. The maximum absolute atomic E-state index is 12.3. The van der Waals surface area contributed by atoms with Crippen LogP contribution in [-0.4, -0.2) is 11.7 Å². The minimum absolute atomic E-state index is 0.0191. The van der Waals surface area contributed by atoms with Crippen molar-refractivity contribution in [1.82, 2.24) is 0 Å². The minimum atomic E-state index is -0.0971. The second kappa shape index (κ2) is 6.61. The number of nitrogens with one attached hydrogen (secondary N) is 1. The number of benzene rings is 2. The van der Waals surface area contributed by atoms with Gasteiger partial charge in [-0.15, -0.1) is 0 Å². The molecule has 1 aliphatic rings. The molecule has 2 aromatic carbocycles. The molecule has 1 amide bonds. The fraction of sp³-hybridized carbons (Fsp3) is 0.200. The SMILES string of the molecule is CC(=O)Nc1ccc(/C=C/C(=O)c2ccc3c(c2)CCC3)cc1. The van der Waals surface area contributed by atoms with Crippen LogP contribution in [0.4, 0.5) is 5.69 Å². The Labute approximate surface area is 136 Å². The van der Waals surface area contributed by atoms with E-state index < -0.39 is 0 Å². The van der Waals surface area contributed by atoms with Gasteiger partial charge in [0.05, 0.1) is 0 Å². The molecular weight excluding hydrogens is 286 g/mol. The summed E-state index contributed by atoms with van der Waals surface area (Å²) in [4.78, 5) is 23.3. The Bertz CT molecular complexity index is 773. The van der Waals surface area contributed by atoms with Gasteiger partial charge in [-0.1, -0.05) is 30.3 Å². The number of rotatable bonds is 4. The van der Waals surface area contributed by atoms with Gasteiger partial charge in [-0.05, 0) is 60.2 Å². The fourth-order valence-corrected chi connectivity index (χ4v) is 2.87. The zero-order chi connectivity index (χ0) is 16.2. The molecule has 0 unspecified atom stereocenters. The van der Waals surface area contributed by atoms with E-state index >= 15 is 0 Å². The van der Waals surface area contributed by atoms with Gasteiger partial charge in [0.15, 0.2) is 5.78 Å². The first kappa shape index (κ1) is 15.2. The van der Waals surface area contributed by atoms with E-state index in [2.05, 4.69) is 11.4 Å². The third kappa shape index (κ3) is 3.75. The van der Waals surface area contributed by atoms with Gasteiger partial charge in [0.2, 0.25) is 5.91 Å². The maximum atomic E-state index is 12.3. The number of hydrogen-bond acceptors (Lipinski definition) is 2. The van der Waals surface area contributed by atoms with Crippen molar-refractivity contribution in [3.05, 3.63) is 70.8 Å². The van der Waals surface area contributed by atoms with Crippen LogP contribution in [0.15, 0.2) is 48.5 Å². The van der Waals surface area contributed by atoms with E-state index in [1.165, 1.54) is 24.5 Å². The molecule has 3 nitrogen and oxygen atoms in total. The molecule has 0 fully saturated rings. The molecule has 2 aromatic rings. The van der Waals surface area contributed by atoms with Crippen molar-refractivity contribution in [2.24, 2.45) is 0 Å². The zero-order valence-electron chi connectivity index (χ0n) is 13.1. The lowest BCUT2D eigenvalue weighted by molar-refractivity contribution is -0.114. The van der Waals surface area contributed by atoms with E-state index in [0.29, 0.717) is 0 Å². The first-order valence-corrected chi connectivity index (χ1v) is 7.84. The average molecular weight is 305 g/mol. The molecule has 0 bridgehead atoms. The number of aryl methyl sites for hydroxylation is 2. The number of ketones is 1. The number of anilines is 1. The van der Waals surface area contributed by atoms with E-state index in [-0.39, 0.29) is 11.7 Å². The molecule has 0 spiro atoms. The summed E-state index contributed by atoms with van der Waals surface area (Å²) in [6.45, 7) is 1.48. The highest BCUT2D eigenvalue weighted by Gasteiger charge is 2.12. The molecule has 1 N–H and O–H groups in total. The zero-order valence-corrected chi connectivity index (χ0v) is 13.1. The molecule has 1 aliphatic carbocycles. The van der Waals surface area contributed by atoms with Crippen LogP contribution in [0.25, 0.3) is 6.08 Å². The first-order chi connectivity index (χ1) is 11.1. The highest BCUT2D eigenvalue weighted by atomic mass is 16.1. The van der Waals surface area contributed by atoms with E-state index in [4.69, 9.17) is 0 Å². The monoisotopic (exact) mass is 305 g/mol. The van der Waals surface area contributed by atoms with Gasteiger partial charge in [0.1, 0.15) is 0 Å². The van der Waals surface area contributed by atoms with Crippen molar-refractivity contribution < 1.29 is 9.59 Å². The van der Waals surface area contributed by atoms with Gasteiger partial charge in [-0.2, -0.15) is 0 Å². The van der Waals surface area contributed by atoms with Crippen molar-refractivity contribution in [2.75, 3.05) is 5.32 Å². The van der Waals surface area contributed by atoms with Crippen molar-refractivity contribution >= 4 is 23.5 Å². The number of hydrogen-bond donors (Lipinski definition) is 1. The standard InChI is InChI=1S/C20H19NO2/c1-14(22)21-19-10-5-15(6-11-19)7-12-20(23)18-9-8-16-3-2-4-17(16)13-18/h5-13H,2-4H2,1H3,(H,21,22)/b12-7+. The lowest BCUT2D eigenvalue weighted by atomic mass is 10.0. The second-order valence-electron chi connectivity index (χ2n) is 5.84.